The lowest BCUT2D eigenvalue weighted by atomic mass is 9.80. The normalized spacial score (nSPS) is 14.6. The summed E-state index contributed by atoms with van der Waals surface area (Å²) >= 11 is 0. The van der Waals surface area contributed by atoms with Crippen LogP contribution in [0.2, 0.25) is 0 Å². The van der Waals surface area contributed by atoms with Gasteiger partial charge in [0.25, 0.3) is 0 Å². The fourth-order valence-corrected chi connectivity index (χ4v) is 6.71. The Morgan fingerprint density at radius 3 is 2.02 bits per heavy atom. The predicted molar refractivity (Wildman–Crippen MR) is 194 cm³/mol. The molecule has 3 aromatic carbocycles. The molecule has 7 N–H and O–H groups in total. The van der Waals surface area contributed by atoms with Gasteiger partial charge in [-0.2, -0.15) is 0 Å². The van der Waals surface area contributed by atoms with Gasteiger partial charge in [-0.15, -0.1) is 0 Å². The summed E-state index contributed by atoms with van der Waals surface area (Å²) in [6, 6.07) is 16.4. The van der Waals surface area contributed by atoms with Crippen molar-refractivity contribution in [3.8, 4) is 0 Å². The largest absolute Gasteiger partial charge is 0.480 e. The summed E-state index contributed by atoms with van der Waals surface area (Å²) in [5.41, 5.74) is -0.183. The standard InChI is InChI=1S/C39H44N4O11/c1-23(44)21-29(32(45)40-20-8-12-26-11-7-10-25-9-3-4-13-28(25)26)42-38(54)39(18-5-2-6-19-39)43-33(46)30(41-34(47)37(52)53)22-24-14-16-27(17-15-24)31(35(48)49)36(50)51/h3-4,7,9-11,13-17,29-31H,2,5-6,8,12,18-22H2,1H3,(H,40,45)(H,41,47)(H,42,54)(H,43,46)(H,48,49)(H,50,51)(H,52,53)/t29-,30-/m0/s1. The maximum absolute atomic E-state index is 14.0. The fourth-order valence-electron chi connectivity index (χ4n) is 6.71. The molecule has 0 saturated heterocycles. The van der Waals surface area contributed by atoms with Gasteiger partial charge in [0.05, 0.1) is 0 Å². The Hall–Kier alpha value is -6.12. The van der Waals surface area contributed by atoms with E-state index in [-0.39, 0.29) is 43.6 Å². The Kier molecular flexibility index (Phi) is 14.0. The number of aliphatic carboxylic acids is 3. The zero-order chi connectivity index (χ0) is 39.4. The predicted octanol–water partition coefficient (Wildman–Crippen LogP) is 2.24. The molecule has 2 atom stereocenters. The van der Waals surface area contributed by atoms with E-state index in [1.165, 1.54) is 31.2 Å². The summed E-state index contributed by atoms with van der Waals surface area (Å²) in [5, 5.41) is 40.4. The number of Topliss-reactive ketones (excluding diaryl/α,β-unsaturated/α-hetero) is 1. The second-order valence-electron chi connectivity index (χ2n) is 13.5. The molecule has 54 heavy (non-hydrogen) atoms. The number of carbonyl (C=O) groups is 8. The van der Waals surface area contributed by atoms with E-state index in [0.717, 1.165) is 22.8 Å². The molecule has 0 heterocycles. The number of benzene rings is 3. The topological polar surface area (TPSA) is 245 Å². The third-order valence-electron chi connectivity index (χ3n) is 9.48. The molecule has 0 unspecified atom stereocenters. The molecule has 0 radical (unpaired) electrons. The van der Waals surface area contributed by atoms with Gasteiger partial charge in [-0.05, 0) is 60.1 Å². The minimum atomic E-state index is -1.87. The average Bonchev–Trinajstić information content (AvgIpc) is 3.13. The first-order chi connectivity index (χ1) is 25.7. The van der Waals surface area contributed by atoms with Crippen LogP contribution in [-0.2, 0) is 51.2 Å². The van der Waals surface area contributed by atoms with Crippen LogP contribution in [0.3, 0.4) is 0 Å². The van der Waals surface area contributed by atoms with Gasteiger partial charge in [-0.25, -0.2) is 4.79 Å². The van der Waals surface area contributed by atoms with Gasteiger partial charge in [0.1, 0.15) is 23.4 Å². The quantitative estimate of drug-likeness (QED) is 0.0600. The Morgan fingerprint density at radius 2 is 1.39 bits per heavy atom. The molecule has 15 nitrogen and oxygen atoms in total. The molecule has 0 aromatic heterocycles. The van der Waals surface area contributed by atoms with E-state index in [2.05, 4.69) is 21.3 Å². The SMILES string of the molecule is CC(=O)C[C@H](NC(=O)C1(NC(=O)[C@H](Cc2ccc(C(C(=O)O)C(=O)O)cc2)NC(=O)C(=O)O)CCCCC1)C(=O)NCCCc1cccc2ccccc12. The fraction of sp³-hybridized carbons (Fsp3) is 0.385. The maximum atomic E-state index is 14.0. The summed E-state index contributed by atoms with van der Waals surface area (Å²) < 4.78 is 0. The Morgan fingerprint density at radius 1 is 0.741 bits per heavy atom. The average molecular weight is 745 g/mol. The molecule has 1 fully saturated rings. The number of rotatable bonds is 17. The van der Waals surface area contributed by atoms with Gasteiger partial charge in [-0.1, -0.05) is 86.0 Å². The van der Waals surface area contributed by atoms with Crippen molar-refractivity contribution < 1.29 is 53.7 Å². The molecule has 1 saturated carbocycles. The van der Waals surface area contributed by atoms with Crippen molar-refractivity contribution in [2.24, 2.45) is 0 Å². The first-order valence-corrected chi connectivity index (χ1v) is 17.7. The third-order valence-corrected chi connectivity index (χ3v) is 9.48. The molecular formula is C39H44N4O11. The number of amides is 4. The van der Waals surface area contributed by atoms with Crippen molar-refractivity contribution in [3.05, 3.63) is 83.4 Å². The minimum absolute atomic E-state index is 0.0545. The van der Waals surface area contributed by atoms with Crippen molar-refractivity contribution in [2.75, 3.05) is 6.54 Å². The van der Waals surface area contributed by atoms with Crippen LogP contribution in [0, 0.1) is 0 Å². The van der Waals surface area contributed by atoms with E-state index in [0.29, 0.717) is 31.2 Å². The molecule has 0 bridgehead atoms. The molecule has 1 aliphatic carbocycles. The molecule has 0 spiro atoms. The number of carboxylic acids is 3. The van der Waals surface area contributed by atoms with Crippen molar-refractivity contribution >= 4 is 58.1 Å². The zero-order valence-electron chi connectivity index (χ0n) is 29.8. The zero-order valence-corrected chi connectivity index (χ0v) is 29.8. The summed E-state index contributed by atoms with van der Waals surface area (Å²) in [6.07, 6.45) is 2.76. The van der Waals surface area contributed by atoms with Crippen LogP contribution in [0.4, 0.5) is 0 Å². The van der Waals surface area contributed by atoms with Crippen LogP contribution in [0.25, 0.3) is 10.8 Å². The van der Waals surface area contributed by atoms with Crippen LogP contribution in [0.1, 0.15) is 74.5 Å². The second-order valence-corrected chi connectivity index (χ2v) is 13.5. The number of hydrogen-bond acceptors (Lipinski definition) is 8. The smallest absolute Gasteiger partial charge is 0.394 e. The number of nitrogens with one attached hydrogen (secondary N) is 4. The molecule has 15 heteroatoms. The van der Waals surface area contributed by atoms with Crippen molar-refractivity contribution in [1.29, 1.82) is 0 Å². The molecule has 4 rings (SSSR count). The summed E-state index contributed by atoms with van der Waals surface area (Å²) in [6.45, 7) is 1.56. The van der Waals surface area contributed by atoms with Crippen LogP contribution in [0.15, 0.2) is 66.7 Å². The van der Waals surface area contributed by atoms with Crippen molar-refractivity contribution in [3.63, 3.8) is 0 Å². The summed E-state index contributed by atoms with van der Waals surface area (Å²) in [7, 11) is 0. The first kappa shape index (κ1) is 40.6. The molecule has 286 valence electrons. The monoisotopic (exact) mass is 744 g/mol. The Balaban J connectivity index is 1.48. The Labute approximate surface area is 310 Å². The maximum Gasteiger partial charge on any atom is 0.394 e. The van der Waals surface area contributed by atoms with E-state index < -0.39 is 65.1 Å². The van der Waals surface area contributed by atoms with Crippen LogP contribution in [0.5, 0.6) is 0 Å². The van der Waals surface area contributed by atoms with Gasteiger partial charge in [0.15, 0.2) is 5.92 Å². The highest BCUT2D eigenvalue weighted by Gasteiger charge is 2.44. The molecule has 3 aromatic rings. The van der Waals surface area contributed by atoms with Gasteiger partial charge < -0.3 is 36.6 Å². The van der Waals surface area contributed by atoms with Crippen molar-refractivity contribution in [1.82, 2.24) is 21.3 Å². The highest BCUT2D eigenvalue weighted by atomic mass is 16.4. The van der Waals surface area contributed by atoms with Gasteiger partial charge >= 0.3 is 23.8 Å². The van der Waals surface area contributed by atoms with E-state index in [4.69, 9.17) is 0 Å². The Bertz CT molecular complexity index is 1880. The lowest BCUT2D eigenvalue weighted by Gasteiger charge is -2.38. The van der Waals surface area contributed by atoms with Crippen LogP contribution in [-0.4, -0.2) is 86.8 Å². The number of aryl methyl sites for hydroxylation is 1. The molecular weight excluding hydrogens is 700 g/mol. The lowest BCUT2D eigenvalue weighted by molar-refractivity contribution is -0.151. The molecule has 4 amide bonds. The molecule has 1 aliphatic rings. The highest BCUT2D eigenvalue weighted by molar-refractivity contribution is 6.32. The summed E-state index contributed by atoms with van der Waals surface area (Å²) in [5.74, 6) is -10.9. The number of fused-ring (bicyclic) bond motifs is 1. The number of ketones is 1. The number of carboxylic acid groups (broad SMARTS) is 3. The van der Waals surface area contributed by atoms with E-state index >= 15 is 0 Å². The van der Waals surface area contributed by atoms with Crippen LogP contribution >= 0.6 is 0 Å². The summed E-state index contributed by atoms with van der Waals surface area (Å²) in [4.78, 5) is 100.0. The highest BCUT2D eigenvalue weighted by Crippen LogP contribution is 2.29. The second kappa shape index (κ2) is 18.6. The van der Waals surface area contributed by atoms with E-state index in [1.807, 2.05) is 42.5 Å². The molecule has 0 aliphatic heterocycles. The van der Waals surface area contributed by atoms with E-state index in [1.54, 1.807) is 0 Å². The lowest BCUT2D eigenvalue weighted by Crippen LogP contribution is -2.65. The number of carbonyl (C=O) groups excluding carboxylic acids is 5. The first-order valence-electron chi connectivity index (χ1n) is 17.7. The van der Waals surface area contributed by atoms with Gasteiger partial charge in [-0.3, -0.25) is 33.6 Å². The third kappa shape index (κ3) is 10.7. The van der Waals surface area contributed by atoms with Gasteiger partial charge in [0.2, 0.25) is 17.7 Å². The van der Waals surface area contributed by atoms with Gasteiger partial charge in [0, 0.05) is 19.4 Å². The van der Waals surface area contributed by atoms with E-state index in [9.17, 15) is 53.7 Å². The van der Waals surface area contributed by atoms with Crippen LogP contribution < -0.4 is 21.3 Å². The number of hydrogen-bond donors (Lipinski definition) is 7. The minimum Gasteiger partial charge on any atom is -0.480 e. The van der Waals surface area contributed by atoms with Crippen molar-refractivity contribution in [2.45, 2.75) is 88.3 Å².